The molecule has 4 unspecified atom stereocenters. The predicted molar refractivity (Wildman–Crippen MR) is 340 cm³/mol. The van der Waals surface area contributed by atoms with Crippen LogP contribution in [-0.4, -0.2) is 96.7 Å². The van der Waals surface area contributed by atoms with Crippen molar-refractivity contribution in [2.75, 3.05) is 39.6 Å². The summed E-state index contributed by atoms with van der Waals surface area (Å²) in [7, 11) is -9.88. The van der Waals surface area contributed by atoms with Gasteiger partial charge in [0.05, 0.1) is 26.4 Å². The van der Waals surface area contributed by atoms with Crippen LogP contribution in [0, 0.1) is 11.8 Å². The number of rotatable bonds is 65. The lowest BCUT2D eigenvalue weighted by molar-refractivity contribution is -0.161. The Morgan fingerprint density at radius 1 is 0.329 bits per heavy atom. The van der Waals surface area contributed by atoms with Gasteiger partial charge in [0.2, 0.25) is 0 Å². The molecule has 0 aromatic heterocycles. The third-order valence-corrected chi connectivity index (χ3v) is 17.8. The molecule has 7 atom stereocenters. The van der Waals surface area contributed by atoms with Gasteiger partial charge in [-0.1, -0.05) is 279 Å². The van der Waals surface area contributed by atoms with Gasteiger partial charge >= 0.3 is 39.5 Å². The highest BCUT2D eigenvalue weighted by Crippen LogP contribution is 2.45. The molecule has 3 N–H and O–H groups in total. The molecule has 0 radical (unpaired) electrons. The third-order valence-electron chi connectivity index (χ3n) is 15.9. The molecule has 0 aromatic rings. The molecule has 0 aliphatic carbocycles. The van der Waals surface area contributed by atoms with Gasteiger partial charge in [0.15, 0.2) is 12.2 Å². The maximum atomic E-state index is 13.0. The molecule has 0 aliphatic rings. The molecule has 19 heteroatoms. The topological polar surface area (TPSA) is 237 Å². The SMILES string of the molecule is CCCCCCCCCCC(=O)O[C@H](COC(=O)CCCCCCCCC)COP(=O)(O)OC[C@H](O)COP(=O)(O)OC[C@@H](COC(=O)CCCCCCCCCCC(C)CC)OC(=O)CCCCCCCCCCCCCCCCC(C)CC. The van der Waals surface area contributed by atoms with E-state index in [1.165, 1.54) is 128 Å². The van der Waals surface area contributed by atoms with Crippen molar-refractivity contribution in [2.45, 2.75) is 349 Å². The zero-order valence-electron chi connectivity index (χ0n) is 54.9. The number of ether oxygens (including phenoxy) is 4. The molecule has 0 amide bonds. The number of aliphatic hydroxyl groups is 1. The van der Waals surface area contributed by atoms with Crippen LogP contribution in [-0.2, 0) is 65.4 Å². The quantitative estimate of drug-likeness (QED) is 0.0222. The molecule has 0 fully saturated rings. The molecular formula is C66H128O17P2. The molecule has 0 bridgehead atoms. The van der Waals surface area contributed by atoms with E-state index < -0.39 is 97.5 Å². The van der Waals surface area contributed by atoms with Crippen LogP contribution in [0.5, 0.6) is 0 Å². The van der Waals surface area contributed by atoms with Crippen molar-refractivity contribution in [2.24, 2.45) is 11.8 Å². The van der Waals surface area contributed by atoms with Crippen molar-refractivity contribution >= 4 is 39.5 Å². The average Bonchev–Trinajstić information content (AvgIpc) is 3.62. The summed E-state index contributed by atoms with van der Waals surface area (Å²) in [4.78, 5) is 72.1. The minimum absolute atomic E-state index is 0.104. The van der Waals surface area contributed by atoms with Crippen LogP contribution in [0.15, 0.2) is 0 Å². The van der Waals surface area contributed by atoms with Gasteiger partial charge in [-0.25, -0.2) is 9.13 Å². The van der Waals surface area contributed by atoms with Gasteiger partial charge in [-0.3, -0.25) is 37.3 Å². The molecule has 85 heavy (non-hydrogen) atoms. The normalized spacial score (nSPS) is 14.9. The first-order chi connectivity index (χ1) is 40.9. The van der Waals surface area contributed by atoms with Crippen LogP contribution in [0.2, 0.25) is 0 Å². The van der Waals surface area contributed by atoms with E-state index >= 15 is 0 Å². The second-order valence-electron chi connectivity index (χ2n) is 24.3. The smallest absolute Gasteiger partial charge is 0.462 e. The van der Waals surface area contributed by atoms with Crippen LogP contribution >= 0.6 is 15.6 Å². The first kappa shape index (κ1) is 83.1. The molecule has 0 aliphatic heterocycles. The summed E-state index contributed by atoms with van der Waals surface area (Å²) in [6, 6.07) is 0. The first-order valence-corrected chi connectivity index (χ1v) is 37.6. The molecule has 0 saturated carbocycles. The summed E-state index contributed by atoms with van der Waals surface area (Å²) in [6.07, 6.45) is 41.8. The second-order valence-corrected chi connectivity index (χ2v) is 27.2. The van der Waals surface area contributed by atoms with Crippen LogP contribution in [0.4, 0.5) is 0 Å². The standard InChI is InChI=1S/C66H128O17P2/c1-7-11-13-15-17-31-38-44-50-65(70)82-61(54-76-63(68)48-42-36-28-16-14-12-8-2)56-80-84(72,73)78-52-60(67)53-79-85(74,75)81-57-62(55-77-64(69)49-43-37-32-27-26-30-35-41-47-59(6)10-4)83-66(71)51-45-39-33-25-23-21-19-18-20-22-24-29-34-40-46-58(5)9-3/h58-62,67H,7-57H2,1-6H3,(H,72,73)(H,74,75)/t58?,59?,60-,61+,62+/m0/s1. The highest BCUT2D eigenvalue weighted by molar-refractivity contribution is 7.47. The van der Waals surface area contributed by atoms with Crippen LogP contribution < -0.4 is 0 Å². The summed E-state index contributed by atoms with van der Waals surface area (Å²) in [6.45, 7) is 9.50. The molecule has 0 aromatic carbocycles. The van der Waals surface area contributed by atoms with Crippen molar-refractivity contribution in [3.05, 3.63) is 0 Å². The minimum atomic E-state index is -4.95. The van der Waals surface area contributed by atoms with E-state index in [-0.39, 0.29) is 25.7 Å². The van der Waals surface area contributed by atoms with Gasteiger partial charge in [-0.05, 0) is 37.5 Å². The predicted octanol–water partition coefficient (Wildman–Crippen LogP) is 18.4. The molecule has 0 heterocycles. The number of phosphoric ester groups is 2. The number of carbonyl (C=O) groups excluding carboxylic acids is 4. The Kier molecular flexibility index (Phi) is 57.1. The van der Waals surface area contributed by atoms with Crippen LogP contribution in [0.1, 0.15) is 330 Å². The Hall–Kier alpha value is -1.94. The Labute approximate surface area is 517 Å². The fourth-order valence-corrected chi connectivity index (χ4v) is 11.4. The lowest BCUT2D eigenvalue weighted by Crippen LogP contribution is -2.30. The highest BCUT2D eigenvalue weighted by Gasteiger charge is 2.30. The van der Waals surface area contributed by atoms with Gasteiger partial charge in [0.25, 0.3) is 0 Å². The largest absolute Gasteiger partial charge is 0.472 e. The Morgan fingerprint density at radius 2 is 0.565 bits per heavy atom. The van der Waals surface area contributed by atoms with Crippen molar-refractivity contribution in [3.63, 3.8) is 0 Å². The fourth-order valence-electron chi connectivity index (χ4n) is 9.82. The summed E-state index contributed by atoms with van der Waals surface area (Å²) < 4.78 is 67.9. The Balaban J connectivity index is 5.18. The van der Waals surface area contributed by atoms with Crippen molar-refractivity contribution < 1.29 is 80.2 Å². The first-order valence-electron chi connectivity index (χ1n) is 34.6. The lowest BCUT2D eigenvalue weighted by atomic mass is 9.99. The Morgan fingerprint density at radius 3 is 0.835 bits per heavy atom. The molecular weight excluding hydrogens is 1130 g/mol. The van der Waals surface area contributed by atoms with Crippen molar-refractivity contribution in [1.29, 1.82) is 0 Å². The highest BCUT2D eigenvalue weighted by atomic mass is 31.2. The zero-order chi connectivity index (χ0) is 62.9. The van der Waals surface area contributed by atoms with Gasteiger partial charge < -0.3 is 33.8 Å². The molecule has 0 rings (SSSR count). The van der Waals surface area contributed by atoms with E-state index in [1.807, 2.05) is 0 Å². The second kappa shape index (κ2) is 58.4. The zero-order valence-corrected chi connectivity index (χ0v) is 56.7. The van der Waals surface area contributed by atoms with E-state index in [4.69, 9.17) is 37.0 Å². The number of hydrogen-bond acceptors (Lipinski definition) is 15. The molecule has 504 valence electrons. The molecule has 0 spiro atoms. The van der Waals surface area contributed by atoms with Gasteiger partial charge in [0, 0.05) is 25.7 Å². The number of carbonyl (C=O) groups is 4. The maximum absolute atomic E-state index is 13.0. The van der Waals surface area contributed by atoms with E-state index in [9.17, 15) is 43.2 Å². The van der Waals surface area contributed by atoms with Crippen molar-refractivity contribution in [3.8, 4) is 0 Å². The summed E-state index contributed by atoms with van der Waals surface area (Å²) >= 11 is 0. The summed E-state index contributed by atoms with van der Waals surface area (Å²) in [5, 5.41) is 10.5. The monoisotopic (exact) mass is 1250 g/mol. The minimum Gasteiger partial charge on any atom is -0.462 e. The number of hydrogen-bond donors (Lipinski definition) is 3. The van der Waals surface area contributed by atoms with Crippen LogP contribution in [0.25, 0.3) is 0 Å². The van der Waals surface area contributed by atoms with Gasteiger partial charge in [-0.15, -0.1) is 0 Å². The number of phosphoric acid groups is 2. The number of unbranched alkanes of at least 4 members (excludes halogenated alkanes) is 33. The Bertz CT molecular complexity index is 1670. The van der Waals surface area contributed by atoms with E-state index in [2.05, 4.69) is 41.5 Å². The number of esters is 4. The average molecular weight is 1260 g/mol. The van der Waals surface area contributed by atoms with E-state index in [0.717, 1.165) is 121 Å². The van der Waals surface area contributed by atoms with E-state index in [0.29, 0.717) is 25.7 Å². The van der Waals surface area contributed by atoms with E-state index in [1.54, 1.807) is 0 Å². The van der Waals surface area contributed by atoms with Crippen LogP contribution in [0.3, 0.4) is 0 Å². The third kappa shape index (κ3) is 58.2. The molecule has 0 saturated heterocycles. The van der Waals surface area contributed by atoms with Gasteiger partial charge in [0.1, 0.15) is 19.3 Å². The maximum Gasteiger partial charge on any atom is 0.472 e. The number of aliphatic hydroxyl groups excluding tert-OH is 1. The van der Waals surface area contributed by atoms with Crippen molar-refractivity contribution in [1.82, 2.24) is 0 Å². The summed E-state index contributed by atoms with van der Waals surface area (Å²) in [5.41, 5.74) is 0. The fraction of sp³-hybridized carbons (Fsp3) is 0.939. The summed E-state index contributed by atoms with van der Waals surface area (Å²) in [5.74, 6) is -0.514. The lowest BCUT2D eigenvalue weighted by Gasteiger charge is -2.21. The molecule has 17 nitrogen and oxygen atoms in total. The van der Waals surface area contributed by atoms with Gasteiger partial charge in [-0.2, -0.15) is 0 Å².